The molecule has 0 amide bonds. The number of fused-ring (bicyclic) bond motifs is 1. The molecule has 36 heavy (non-hydrogen) atoms. The summed E-state index contributed by atoms with van der Waals surface area (Å²) in [5.74, 6) is -2.91. The molecule has 5 atom stereocenters. The second-order valence-electron chi connectivity index (χ2n) is 8.14. The number of halogens is 3. The first-order valence-corrected chi connectivity index (χ1v) is 10.7. The van der Waals surface area contributed by atoms with Crippen molar-refractivity contribution in [2.24, 2.45) is 0 Å². The van der Waals surface area contributed by atoms with Crippen LogP contribution in [0.15, 0.2) is 11.0 Å². The molecule has 0 saturated carbocycles. The number of ether oxygens (including phenoxy) is 4. The number of carbonyl (C=O) groups is 3. The number of rotatable bonds is 7. The molecule has 2 aromatic heterocycles. The molecule has 1 aliphatic rings. The summed E-state index contributed by atoms with van der Waals surface area (Å²) in [6.45, 7) is 4.37. The fourth-order valence-electron chi connectivity index (χ4n) is 4.00. The molecule has 0 aromatic carbocycles. The van der Waals surface area contributed by atoms with E-state index >= 15 is 0 Å². The van der Waals surface area contributed by atoms with E-state index in [1.165, 1.54) is 20.0 Å². The van der Waals surface area contributed by atoms with Gasteiger partial charge in [0.2, 0.25) is 12.1 Å². The third kappa shape index (κ3) is 5.75. The van der Waals surface area contributed by atoms with Gasteiger partial charge in [-0.15, -0.1) is 0 Å². The first kappa shape index (κ1) is 26.9. The van der Waals surface area contributed by atoms with E-state index in [-0.39, 0.29) is 23.7 Å². The third-order valence-corrected chi connectivity index (χ3v) is 5.15. The Bertz CT molecular complexity index is 1230. The van der Waals surface area contributed by atoms with Crippen LogP contribution in [0.3, 0.4) is 0 Å². The lowest BCUT2D eigenvalue weighted by Crippen LogP contribution is -2.43. The van der Waals surface area contributed by atoms with Crippen LogP contribution < -0.4 is 11.4 Å². The van der Waals surface area contributed by atoms with E-state index in [1.54, 1.807) is 0 Å². The Labute approximate surface area is 201 Å². The molecule has 3 heterocycles. The van der Waals surface area contributed by atoms with Gasteiger partial charge in [-0.1, -0.05) is 0 Å². The van der Waals surface area contributed by atoms with Crippen LogP contribution in [0.5, 0.6) is 0 Å². The second-order valence-corrected chi connectivity index (χ2v) is 8.14. The van der Waals surface area contributed by atoms with Gasteiger partial charge in [0.25, 0.3) is 0 Å². The van der Waals surface area contributed by atoms with Crippen molar-refractivity contribution in [2.75, 3.05) is 5.73 Å². The van der Waals surface area contributed by atoms with Gasteiger partial charge in [0.1, 0.15) is 23.8 Å². The molecule has 13 nitrogen and oxygen atoms in total. The predicted molar refractivity (Wildman–Crippen MR) is 113 cm³/mol. The minimum absolute atomic E-state index is 0.106. The van der Waals surface area contributed by atoms with Crippen LogP contribution in [0, 0.1) is 0 Å². The van der Waals surface area contributed by atoms with Crippen LogP contribution in [0.1, 0.15) is 40.3 Å². The molecule has 198 valence electrons. The monoisotopic (exact) mass is 519 g/mol. The van der Waals surface area contributed by atoms with Gasteiger partial charge in [-0.25, -0.2) is 14.3 Å². The van der Waals surface area contributed by atoms with Crippen molar-refractivity contribution in [1.29, 1.82) is 0 Å². The highest BCUT2D eigenvalue weighted by Gasteiger charge is 2.54. The van der Waals surface area contributed by atoms with Crippen molar-refractivity contribution >= 4 is 35.0 Å². The molecular formula is C20H24F3N5O8. The summed E-state index contributed by atoms with van der Waals surface area (Å²) >= 11 is 0. The Balaban J connectivity index is 2.12. The SMILES string of the molecule is CC(=O)OC1CC([C@@H](OC(C)=O)C(F)(F)F)OC1n1c(=O)n(C[C@H](C)OC(C)=O)c2cnc(N)nc21. The first-order chi connectivity index (χ1) is 16.7. The van der Waals surface area contributed by atoms with Gasteiger partial charge >= 0.3 is 29.8 Å². The van der Waals surface area contributed by atoms with Gasteiger partial charge in [-0.05, 0) is 6.92 Å². The van der Waals surface area contributed by atoms with Gasteiger partial charge in [-0.3, -0.25) is 19.0 Å². The van der Waals surface area contributed by atoms with E-state index in [9.17, 15) is 32.3 Å². The van der Waals surface area contributed by atoms with Gasteiger partial charge in [0.05, 0.1) is 12.7 Å². The molecule has 3 rings (SSSR count). The zero-order valence-electron chi connectivity index (χ0n) is 19.6. The number of anilines is 1. The highest BCUT2D eigenvalue weighted by molar-refractivity contribution is 5.72. The highest BCUT2D eigenvalue weighted by atomic mass is 19.4. The molecule has 0 radical (unpaired) electrons. The maximum absolute atomic E-state index is 13.7. The summed E-state index contributed by atoms with van der Waals surface area (Å²) in [6.07, 6.45) is -12.6. The average Bonchev–Trinajstić information content (AvgIpc) is 3.22. The lowest BCUT2D eigenvalue weighted by molar-refractivity contribution is -0.248. The molecule has 2 N–H and O–H groups in total. The van der Waals surface area contributed by atoms with Gasteiger partial charge in [-0.2, -0.15) is 18.2 Å². The first-order valence-electron chi connectivity index (χ1n) is 10.7. The maximum Gasteiger partial charge on any atom is 0.428 e. The van der Waals surface area contributed by atoms with E-state index in [4.69, 9.17) is 19.9 Å². The van der Waals surface area contributed by atoms with Crippen molar-refractivity contribution in [2.45, 2.75) is 77.5 Å². The molecule has 0 bridgehead atoms. The molecule has 0 aliphatic carbocycles. The minimum atomic E-state index is -5.02. The number of esters is 3. The quantitative estimate of drug-likeness (QED) is 0.407. The Morgan fingerprint density at radius 2 is 1.83 bits per heavy atom. The standard InChI is InChI=1S/C20H24F3N5O8/c1-8(33-9(2)29)7-27-12-6-25-18(24)26-16(12)28(19(27)32)17-14(34-10(3)30)5-13(36-17)15(20(21,22)23)35-11(4)31/h6,8,13-15,17H,5,7H2,1-4H3,(H2,24,25,26)/t8-,13?,14?,15+,17?/m0/s1. The van der Waals surface area contributed by atoms with E-state index in [1.807, 2.05) is 0 Å². The van der Waals surface area contributed by atoms with Crippen LogP contribution in [-0.4, -0.2) is 67.6 Å². The summed E-state index contributed by atoms with van der Waals surface area (Å²) in [4.78, 5) is 55.7. The summed E-state index contributed by atoms with van der Waals surface area (Å²) in [5, 5.41) is 0. The number of hydrogen-bond acceptors (Lipinski definition) is 11. The number of alkyl halides is 3. The molecular weight excluding hydrogens is 495 g/mol. The number of hydrogen-bond donors (Lipinski definition) is 1. The van der Waals surface area contributed by atoms with Gasteiger partial charge in [0, 0.05) is 27.2 Å². The number of nitrogens with zero attached hydrogens (tertiary/aromatic N) is 4. The summed E-state index contributed by atoms with van der Waals surface area (Å²) < 4.78 is 63.3. The molecule has 1 saturated heterocycles. The maximum atomic E-state index is 13.7. The fraction of sp³-hybridized carbons (Fsp3) is 0.600. The summed E-state index contributed by atoms with van der Waals surface area (Å²) in [5.41, 5.74) is 4.82. The summed E-state index contributed by atoms with van der Waals surface area (Å²) in [7, 11) is 0. The Morgan fingerprint density at radius 3 is 2.39 bits per heavy atom. The van der Waals surface area contributed by atoms with Crippen molar-refractivity contribution < 1.29 is 46.5 Å². The van der Waals surface area contributed by atoms with Crippen molar-refractivity contribution in [3.63, 3.8) is 0 Å². The van der Waals surface area contributed by atoms with E-state index < -0.39 is 66.8 Å². The van der Waals surface area contributed by atoms with Crippen LogP contribution in [0.25, 0.3) is 11.2 Å². The van der Waals surface area contributed by atoms with Crippen molar-refractivity contribution in [3.8, 4) is 0 Å². The molecule has 2 aromatic rings. The predicted octanol–water partition coefficient (Wildman–Crippen LogP) is 0.840. The molecule has 0 spiro atoms. The van der Waals surface area contributed by atoms with E-state index in [0.717, 1.165) is 23.0 Å². The smallest absolute Gasteiger partial charge is 0.428 e. The van der Waals surface area contributed by atoms with Gasteiger partial charge in [0.15, 0.2) is 11.9 Å². The van der Waals surface area contributed by atoms with Crippen LogP contribution >= 0.6 is 0 Å². The Kier molecular flexibility index (Phi) is 7.56. The van der Waals surface area contributed by atoms with Crippen LogP contribution in [0.4, 0.5) is 19.1 Å². The number of carbonyl (C=O) groups excluding carboxylic acids is 3. The minimum Gasteiger partial charge on any atom is -0.461 e. The zero-order valence-corrected chi connectivity index (χ0v) is 19.6. The number of aromatic nitrogens is 4. The molecule has 16 heteroatoms. The normalized spacial score (nSPS) is 21.7. The van der Waals surface area contributed by atoms with E-state index in [0.29, 0.717) is 0 Å². The van der Waals surface area contributed by atoms with Crippen molar-refractivity contribution in [3.05, 3.63) is 16.7 Å². The fourth-order valence-corrected chi connectivity index (χ4v) is 4.00. The second kappa shape index (κ2) is 10.1. The third-order valence-electron chi connectivity index (χ3n) is 5.15. The Morgan fingerprint density at radius 1 is 1.19 bits per heavy atom. The lowest BCUT2D eigenvalue weighted by Gasteiger charge is -2.25. The lowest BCUT2D eigenvalue weighted by atomic mass is 10.1. The Hall–Kier alpha value is -3.69. The number of imidazole rings is 1. The van der Waals surface area contributed by atoms with Gasteiger partial charge < -0.3 is 24.7 Å². The van der Waals surface area contributed by atoms with Crippen molar-refractivity contribution in [1.82, 2.24) is 19.1 Å². The average molecular weight is 519 g/mol. The van der Waals surface area contributed by atoms with Crippen LogP contribution in [0.2, 0.25) is 0 Å². The largest absolute Gasteiger partial charge is 0.461 e. The topological polar surface area (TPSA) is 167 Å². The molecule has 1 aliphatic heterocycles. The number of nitrogen functional groups attached to an aromatic ring is 1. The highest BCUT2D eigenvalue weighted by Crippen LogP contribution is 2.39. The van der Waals surface area contributed by atoms with Crippen LogP contribution in [-0.2, 0) is 39.9 Å². The molecule has 3 unspecified atom stereocenters. The number of nitrogens with two attached hydrogens (primary N) is 1. The van der Waals surface area contributed by atoms with E-state index in [2.05, 4.69) is 14.7 Å². The molecule has 1 fully saturated rings. The zero-order chi connectivity index (χ0) is 26.9. The summed E-state index contributed by atoms with van der Waals surface area (Å²) in [6, 6.07) is 0.